The van der Waals surface area contributed by atoms with E-state index in [9.17, 15) is 9.90 Å². The molecule has 4 unspecified atom stereocenters. The predicted molar refractivity (Wildman–Crippen MR) is 83.0 cm³/mol. The maximum Gasteiger partial charge on any atom is 0.223 e. The predicted octanol–water partition coefficient (Wildman–Crippen LogP) is 3.31. The number of carbonyl (C=O) groups is 1. The van der Waals surface area contributed by atoms with Gasteiger partial charge in [-0.25, -0.2) is 0 Å². The highest BCUT2D eigenvalue weighted by molar-refractivity contribution is 6.30. The molecule has 0 aliphatic heterocycles. The molecule has 0 spiro atoms. The average Bonchev–Trinajstić information content (AvgIpc) is 3.21. The molecule has 4 heteroatoms. The zero-order chi connectivity index (χ0) is 15.0. The van der Waals surface area contributed by atoms with Crippen LogP contribution < -0.4 is 5.32 Å². The second kappa shape index (κ2) is 5.98. The van der Waals surface area contributed by atoms with Crippen molar-refractivity contribution in [2.75, 3.05) is 0 Å². The molecule has 114 valence electrons. The van der Waals surface area contributed by atoms with Crippen LogP contribution in [-0.2, 0) is 4.79 Å². The first kappa shape index (κ1) is 14.9. The van der Waals surface area contributed by atoms with Crippen molar-refractivity contribution in [3.05, 3.63) is 34.9 Å². The summed E-state index contributed by atoms with van der Waals surface area (Å²) in [7, 11) is 0. The third kappa shape index (κ3) is 3.09. The Kier molecular flexibility index (Phi) is 4.23. The molecule has 0 bridgehead atoms. The zero-order valence-electron chi connectivity index (χ0n) is 12.3. The SMILES string of the molecule is CC(NC(=O)C1C2CCCCC21)C(O)c1ccc(Cl)cc1. The van der Waals surface area contributed by atoms with Crippen LogP contribution in [0, 0.1) is 17.8 Å². The van der Waals surface area contributed by atoms with Gasteiger partial charge in [-0.15, -0.1) is 0 Å². The van der Waals surface area contributed by atoms with Crippen LogP contribution in [0.4, 0.5) is 0 Å². The number of hydrogen-bond acceptors (Lipinski definition) is 2. The zero-order valence-corrected chi connectivity index (χ0v) is 13.0. The van der Waals surface area contributed by atoms with Gasteiger partial charge in [0.15, 0.2) is 0 Å². The lowest BCUT2D eigenvalue weighted by atomic mass is 10.0. The summed E-state index contributed by atoms with van der Waals surface area (Å²) in [5, 5.41) is 14.0. The molecule has 2 aliphatic rings. The van der Waals surface area contributed by atoms with E-state index in [0.29, 0.717) is 16.9 Å². The maximum absolute atomic E-state index is 12.3. The van der Waals surface area contributed by atoms with Crippen molar-refractivity contribution in [3.8, 4) is 0 Å². The van der Waals surface area contributed by atoms with Crippen molar-refractivity contribution < 1.29 is 9.90 Å². The second-order valence-corrected chi connectivity index (χ2v) is 6.87. The minimum atomic E-state index is -0.702. The molecule has 0 radical (unpaired) electrons. The summed E-state index contributed by atoms with van der Waals surface area (Å²) in [4.78, 5) is 12.3. The summed E-state index contributed by atoms with van der Waals surface area (Å²) in [6, 6.07) is 6.81. The van der Waals surface area contributed by atoms with E-state index in [2.05, 4.69) is 5.32 Å². The Labute approximate surface area is 130 Å². The number of benzene rings is 1. The van der Waals surface area contributed by atoms with Crippen molar-refractivity contribution in [1.82, 2.24) is 5.32 Å². The number of aliphatic hydroxyl groups is 1. The largest absolute Gasteiger partial charge is 0.386 e. The normalized spacial score (nSPS) is 30.1. The summed E-state index contributed by atoms with van der Waals surface area (Å²) in [5.41, 5.74) is 0.778. The van der Waals surface area contributed by atoms with Gasteiger partial charge < -0.3 is 10.4 Å². The van der Waals surface area contributed by atoms with E-state index in [1.807, 2.05) is 6.92 Å². The van der Waals surface area contributed by atoms with E-state index in [0.717, 1.165) is 5.56 Å². The number of fused-ring (bicyclic) bond motifs is 1. The molecule has 2 N–H and O–H groups in total. The van der Waals surface area contributed by atoms with Gasteiger partial charge in [-0.1, -0.05) is 36.6 Å². The monoisotopic (exact) mass is 307 g/mol. The number of carbonyl (C=O) groups excluding carboxylic acids is 1. The third-order valence-corrected chi connectivity index (χ3v) is 5.27. The Hall–Kier alpha value is -1.06. The molecule has 0 aromatic heterocycles. The van der Waals surface area contributed by atoms with E-state index < -0.39 is 6.10 Å². The van der Waals surface area contributed by atoms with Gasteiger partial charge in [-0.05, 0) is 49.3 Å². The van der Waals surface area contributed by atoms with Gasteiger partial charge in [0.05, 0.1) is 12.1 Å². The minimum Gasteiger partial charge on any atom is -0.386 e. The van der Waals surface area contributed by atoms with Crippen molar-refractivity contribution in [2.24, 2.45) is 17.8 Å². The second-order valence-electron chi connectivity index (χ2n) is 6.43. The number of aliphatic hydroxyl groups excluding tert-OH is 1. The highest BCUT2D eigenvalue weighted by atomic mass is 35.5. The Morgan fingerprint density at radius 2 is 1.81 bits per heavy atom. The first-order valence-electron chi connectivity index (χ1n) is 7.82. The molecule has 21 heavy (non-hydrogen) atoms. The first-order valence-corrected chi connectivity index (χ1v) is 8.19. The lowest BCUT2D eigenvalue weighted by Crippen LogP contribution is -2.38. The standard InChI is InChI=1S/C17H22ClNO2/c1-10(16(20)11-6-8-12(18)9-7-11)19-17(21)15-13-4-2-3-5-14(13)15/h6-10,13-16,20H,2-5H2,1H3,(H,19,21). The first-order chi connectivity index (χ1) is 10.1. The molecule has 2 fully saturated rings. The molecule has 2 saturated carbocycles. The fourth-order valence-corrected chi connectivity index (χ4v) is 3.86. The van der Waals surface area contributed by atoms with Crippen LogP contribution in [-0.4, -0.2) is 17.1 Å². The summed E-state index contributed by atoms with van der Waals surface area (Å²) < 4.78 is 0. The third-order valence-electron chi connectivity index (χ3n) is 5.01. The molecular formula is C17H22ClNO2. The van der Waals surface area contributed by atoms with E-state index in [4.69, 9.17) is 11.6 Å². The summed E-state index contributed by atoms with van der Waals surface area (Å²) in [6.45, 7) is 1.85. The highest BCUT2D eigenvalue weighted by Gasteiger charge is 2.54. The molecular weight excluding hydrogens is 286 g/mol. The van der Waals surface area contributed by atoms with Gasteiger partial charge >= 0.3 is 0 Å². The molecule has 1 aromatic carbocycles. The van der Waals surface area contributed by atoms with Crippen molar-refractivity contribution in [1.29, 1.82) is 0 Å². The van der Waals surface area contributed by atoms with Crippen molar-refractivity contribution in [2.45, 2.75) is 44.8 Å². The summed E-state index contributed by atoms with van der Waals surface area (Å²) in [5.74, 6) is 1.50. The van der Waals surface area contributed by atoms with Crippen molar-refractivity contribution in [3.63, 3.8) is 0 Å². The molecule has 3 nitrogen and oxygen atoms in total. The topological polar surface area (TPSA) is 49.3 Å². The van der Waals surface area contributed by atoms with E-state index in [1.165, 1.54) is 25.7 Å². The lowest BCUT2D eigenvalue weighted by molar-refractivity contribution is -0.124. The van der Waals surface area contributed by atoms with Crippen LogP contribution >= 0.6 is 11.6 Å². The number of rotatable bonds is 4. The van der Waals surface area contributed by atoms with Gasteiger partial charge in [0.1, 0.15) is 0 Å². The van der Waals surface area contributed by atoms with Gasteiger partial charge in [0.25, 0.3) is 0 Å². The molecule has 0 heterocycles. The molecule has 4 atom stereocenters. The lowest BCUT2D eigenvalue weighted by Gasteiger charge is -2.21. The summed E-state index contributed by atoms with van der Waals surface area (Å²) >= 11 is 5.85. The van der Waals surface area contributed by atoms with Crippen molar-refractivity contribution >= 4 is 17.5 Å². The highest BCUT2D eigenvalue weighted by Crippen LogP contribution is 2.55. The molecule has 2 aliphatic carbocycles. The Morgan fingerprint density at radius 1 is 1.24 bits per heavy atom. The smallest absolute Gasteiger partial charge is 0.223 e. The van der Waals surface area contributed by atoms with E-state index in [-0.39, 0.29) is 17.9 Å². The number of amides is 1. The maximum atomic E-state index is 12.3. The number of halogens is 1. The minimum absolute atomic E-state index is 0.118. The van der Waals surface area contributed by atoms with E-state index >= 15 is 0 Å². The average molecular weight is 308 g/mol. The number of hydrogen-bond donors (Lipinski definition) is 2. The number of nitrogens with one attached hydrogen (secondary N) is 1. The van der Waals surface area contributed by atoms with Crippen LogP contribution in [0.2, 0.25) is 5.02 Å². The van der Waals surface area contributed by atoms with Crippen LogP contribution in [0.1, 0.15) is 44.3 Å². The van der Waals surface area contributed by atoms with Crippen LogP contribution in [0.5, 0.6) is 0 Å². The molecule has 3 rings (SSSR count). The van der Waals surface area contributed by atoms with Gasteiger partial charge in [0.2, 0.25) is 5.91 Å². The van der Waals surface area contributed by atoms with Gasteiger partial charge in [0, 0.05) is 10.9 Å². The van der Waals surface area contributed by atoms with E-state index in [1.54, 1.807) is 24.3 Å². The Morgan fingerprint density at radius 3 is 2.38 bits per heavy atom. The van der Waals surface area contributed by atoms with Crippen LogP contribution in [0.25, 0.3) is 0 Å². The van der Waals surface area contributed by atoms with Gasteiger partial charge in [-0.2, -0.15) is 0 Å². The quantitative estimate of drug-likeness (QED) is 0.896. The van der Waals surface area contributed by atoms with Gasteiger partial charge in [-0.3, -0.25) is 4.79 Å². The molecule has 0 saturated heterocycles. The Balaban J connectivity index is 1.57. The van der Waals surface area contributed by atoms with Crippen LogP contribution in [0.15, 0.2) is 24.3 Å². The van der Waals surface area contributed by atoms with Crippen LogP contribution in [0.3, 0.4) is 0 Å². The fraction of sp³-hybridized carbons (Fsp3) is 0.588. The fourth-order valence-electron chi connectivity index (χ4n) is 3.73. The molecule has 1 amide bonds. The summed E-state index contributed by atoms with van der Waals surface area (Å²) in [6.07, 6.45) is 4.20. The Bertz CT molecular complexity index is 504. The molecule has 1 aromatic rings.